The van der Waals surface area contributed by atoms with Crippen LogP contribution in [0.1, 0.15) is 56.2 Å². The molecule has 0 atom stereocenters. The normalized spacial score (nSPS) is 15.2. The molecule has 31 heavy (non-hydrogen) atoms. The highest BCUT2D eigenvalue weighted by atomic mass is 32.2. The molecule has 1 aromatic heterocycles. The van der Waals surface area contributed by atoms with E-state index in [2.05, 4.69) is 48.9 Å². The number of benzene rings is 1. The molecule has 2 heterocycles. The topological polar surface area (TPSA) is 61.4 Å². The van der Waals surface area contributed by atoms with Gasteiger partial charge in [0.1, 0.15) is 5.82 Å². The molecule has 0 bridgehead atoms. The van der Waals surface area contributed by atoms with Gasteiger partial charge in [0, 0.05) is 55.5 Å². The number of nitrogens with one attached hydrogen (secondary N) is 1. The minimum atomic E-state index is -0.0352. The number of rotatable bonds is 7. The third kappa shape index (κ3) is 6.43. The molecule has 6 nitrogen and oxygen atoms in total. The maximum atomic E-state index is 12.0. The molecule has 1 aliphatic heterocycles. The zero-order valence-corrected chi connectivity index (χ0v) is 20.3. The summed E-state index contributed by atoms with van der Waals surface area (Å²) in [6.07, 6.45) is 0. The largest absolute Gasteiger partial charge is 0.354 e. The second-order valence-electron chi connectivity index (χ2n) is 8.91. The Morgan fingerprint density at radius 1 is 1.06 bits per heavy atom. The van der Waals surface area contributed by atoms with Crippen LogP contribution in [0.25, 0.3) is 0 Å². The van der Waals surface area contributed by atoms with Crippen molar-refractivity contribution in [1.29, 1.82) is 0 Å². The van der Waals surface area contributed by atoms with Gasteiger partial charge in [0.25, 0.3) is 5.91 Å². The molecule has 1 amide bonds. The zero-order chi connectivity index (χ0) is 22.4. The highest BCUT2D eigenvalue weighted by Crippen LogP contribution is 2.29. The Bertz CT molecular complexity index is 871. The molecule has 0 spiro atoms. The van der Waals surface area contributed by atoms with Crippen LogP contribution < -0.4 is 10.2 Å². The Balaban J connectivity index is 1.73. The van der Waals surface area contributed by atoms with Crippen LogP contribution in [-0.4, -0.2) is 60.0 Å². The van der Waals surface area contributed by atoms with Gasteiger partial charge in [0.15, 0.2) is 5.16 Å². The van der Waals surface area contributed by atoms with Gasteiger partial charge < -0.3 is 15.1 Å². The van der Waals surface area contributed by atoms with E-state index < -0.39 is 0 Å². The van der Waals surface area contributed by atoms with Crippen molar-refractivity contribution >= 4 is 23.5 Å². The highest BCUT2D eigenvalue weighted by molar-refractivity contribution is 7.98. The number of likely N-dealkylation sites (N-methyl/N-ethyl adjacent to an activating group) is 1. The van der Waals surface area contributed by atoms with Crippen LogP contribution in [-0.2, 0) is 11.2 Å². The lowest BCUT2D eigenvalue weighted by molar-refractivity contribution is 0.0956. The first-order valence-electron chi connectivity index (χ1n) is 11.2. The first kappa shape index (κ1) is 23.5. The number of hydrogen-bond donors (Lipinski definition) is 1. The Kier molecular flexibility index (Phi) is 7.94. The van der Waals surface area contributed by atoms with E-state index >= 15 is 0 Å². The molecular formula is C24H35N5OS. The molecule has 168 valence electrons. The summed E-state index contributed by atoms with van der Waals surface area (Å²) in [6, 6.07) is 9.94. The summed E-state index contributed by atoms with van der Waals surface area (Å²) in [5.41, 5.74) is 2.88. The molecule has 3 rings (SSSR count). The van der Waals surface area contributed by atoms with E-state index in [0.29, 0.717) is 12.1 Å². The first-order valence-corrected chi connectivity index (χ1v) is 12.2. The molecule has 1 aromatic carbocycles. The smallest absolute Gasteiger partial charge is 0.251 e. The Morgan fingerprint density at radius 2 is 1.74 bits per heavy atom. The lowest BCUT2D eigenvalue weighted by atomic mass is 9.92. The molecule has 0 aliphatic carbocycles. The van der Waals surface area contributed by atoms with Gasteiger partial charge in [-0.2, -0.15) is 0 Å². The third-order valence-corrected chi connectivity index (χ3v) is 6.44. The monoisotopic (exact) mass is 441 g/mol. The molecule has 0 radical (unpaired) electrons. The number of carbonyl (C=O) groups is 1. The Hall–Kier alpha value is -2.12. The van der Waals surface area contributed by atoms with Crippen LogP contribution >= 0.6 is 11.8 Å². The van der Waals surface area contributed by atoms with Crippen LogP contribution in [0, 0.1) is 0 Å². The van der Waals surface area contributed by atoms with E-state index in [0.717, 1.165) is 60.7 Å². The lowest BCUT2D eigenvalue weighted by Crippen LogP contribution is -2.46. The number of thioether (sulfide) groups is 1. The summed E-state index contributed by atoms with van der Waals surface area (Å²) in [4.78, 5) is 26.6. The minimum Gasteiger partial charge on any atom is -0.354 e. The third-order valence-electron chi connectivity index (χ3n) is 5.53. The average Bonchev–Trinajstić information content (AvgIpc) is 2.77. The highest BCUT2D eigenvalue weighted by Gasteiger charge is 2.22. The second-order valence-corrected chi connectivity index (χ2v) is 9.85. The molecule has 1 saturated heterocycles. The van der Waals surface area contributed by atoms with Gasteiger partial charge in [-0.1, -0.05) is 51.6 Å². The van der Waals surface area contributed by atoms with Crippen molar-refractivity contribution in [3.63, 3.8) is 0 Å². The van der Waals surface area contributed by atoms with Crippen molar-refractivity contribution in [3.8, 4) is 0 Å². The predicted molar refractivity (Wildman–Crippen MR) is 129 cm³/mol. The van der Waals surface area contributed by atoms with Gasteiger partial charge >= 0.3 is 0 Å². The summed E-state index contributed by atoms with van der Waals surface area (Å²) >= 11 is 1.65. The van der Waals surface area contributed by atoms with Gasteiger partial charge in [0.2, 0.25) is 0 Å². The number of aromatic nitrogens is 2. The van der Waals surface area contributed by atoms with Crippen molar-refractivity contribution in [3.05, 3.63) is 47.2 Å². The first-order chi connectivity index (χ1) is 14.8. The number of anilines is 1. The molecule has 0 saturated carbocycles. The summed E-state index contributed by atoms with van der Waals surface area (Å²) in [7, 11) is 0. The van der Waals surface area contributed by atoms with E-state index in [1.54, 1.807) is 11.8 Å². The predicted octanol–water partition coefficient (Wildman–Crippen LogP) is 3.96. The molecule has 2 aromatic rings. The fourth-order valence-electron chi connectivity index (χ4n) is 3.48. The van der Waals surface area contributed by atoms with Crippen molar-refractivity contribution in [2.24, 2.45) is 0 Å². The maximum absolute atomic E-state index is 12.0. The Morgan fingerprint density at radius 3 is 2.32 bits per heavy atom. The van der Waals surface area contributed by atoms with Gasteiger partial charge in [-0.3, -0.25) is 4.79 Å². The quantitative estimate of drug-likeness (QED) is 0.518. The van der Waals surface area contributed by atoms with Crippen LogP contribution in [0.2, 0.25) is 0 Å². The second kappa shape index (κ2) is 10.5. The van der Waals surface area contributed by atoms with Crippen LogP contribution in [0.4, 0.5) is 5.82 Å². The lowest BCUT2D eigenvalue weighted by Gasteiger charge is -2.35. The van der Waals surface area contributed by atoms with Crippen molar-refractivity contribution in [2.75, 3.05) is 44.2 Å². The molecule has 7 heteroatoms. The summed E-state index contributed by atoms with van der Waals surface area (Å²) in [5, 5.41) is 3.64. The number of carbonyl (C=O) groups excluding carboxylic acids is 1. The van der Waals surface area contributed by atoms with Gasteiger partial charge in [-0.05, 0) is 31.2 Å². The van der Waals surface area contributed by atoms with E-state index in [-0.39, 0.29) is 11.3 Å². The summed E-state index contributed by atoms with van der Waals surface area (Å²) < 4.78 is 0. The molecule has 1 aliphatic rings. The van der Waals surface area contributed by atoms with Crippen LogP contribution in [0.15, 0.2) is 35.5 Å². The fraction of sp³-hybridized carbons (Fsp3) is 0.542. The SMILES string of the molecule is CCNC(=O)c1ccc(CSc2nc(N3CCN(CC)CC3)cc(C(C)(C)C)n2)cc1. The van der Waals surface area contributed by atoms with E-state index in [9.17, 15) is 4.79 Å². The van der Waals surface area contributed by atoms with Gasteiger partial charge in [-0.15, -0.1) is 0 Å². The zero-order valence-electron chi connectivity index (χ0n) is 19.4. The van der Waals surface area contributed by atoms with E-state index in [1.165, 1.54) is 0 Å². The molecule has 1 fully saturated rings. The number of amides is 1. The maximum Gasteiger partial charge on any atom is 0.251 e. The average molecular weight is 442 g/mol. The number of hydrogen-bond acceptors (Lipinski definition) is 6. The van der Waals surface area contributed by atoms with Crippen LogP contribution in [0.3, 0.4) is 0 Å². The number of nitrogens with zero attached hydrogens (tertiary/aromatic N) is 4. The minimum absolute atomic E-state index is 0.0317. The van der Waals surface area contributed by atoms with Crippen molar-refractivity contribution in [2.45, 2.75) is 50.9 Å². The fourth-order valence-corrected chi connectivity index (χ4v) is 4.29. The molecule has 1 N–H and O–H groups in total. The van der Waals surface area contributed by atoms with Crippen LogP contribution in [0.5, 0.6) is 0 Å². The van der Waals surface area contributed by atoms with E-state index in [4.69, 9.17) is 9.97 Å². The van der Waals surface area contributed by atoms with Gasteiger partial charge in [-0.25, -0.2) is 9.97 Å². The van der Waals surface area contributed by atoms with Gasteiger partial charge in [0.05, 0.1) is 5.69 Å². The standard InChI is InChI=1S/C24H35N5OS/c1-6-25-22(30)19-10-8-18(9-11-19)17-31-23-26-20(24(3,4)5)16-21(27-23)29-14-12-28(7-2)13-15-29/h8-11,16H,6-7,12-15,17H2,1-5H3,(H,25,30). The van der Waals surface area contributed by atoms with Crippen molar-refractivity contribution in [1.82, 2.24) is 20.2 Å². The van der Waals surface area contributed by atoms with Crippen molar-refractivity contribution < 1.29 is 4.79 Å². The summed E-state index contributed by atoms with van der Waals surface area (Å²) in [6.45, 7) is 16.6. The summed E-state index contributed by atoms with van der Waals surface area (Å²) in [5.74, 6) is 1.77. The number of piperazine rings is 1. The Labute approximate surface area is 190 Å². The van der Waals surface area contributed by atoms with E-state index in [1.807, 2.05) is 31.2 Å². The molecule has 0 unspecified atom stereocenters. The molecular weight excluding hydrogens is 406 g/mol.